The van der Waals surface area contributed by atoms with Crippen molar-refractivity contribution in [3.63, 3.8) is 0 Å². The van der Waals surface area contributed by atoms with Crippen molar-refractivity contribution in [3.05, 3.63) is 77.2 Å². The first-order valence-corrected chi connectivity index (χ1v) is 13.8. The summed E-state index contributed by atoms with van der Waals surface area (Å²) in [5.41, 5.74) is 5.31. The first-order valence-electron chi connectivity index (χ1n) is 13.8. The van der Waals surface area contributed by atoms with E-state index in [2.05, 4.69) is 76.6 Å². The fraction of sp³-hybridized carbons (Fsp3) is 0.484. The summed E-state index contributed by atoms with van der Waals surface area (Å²) in [7, 11) is 2.18. The number of imidazole rings is 1. The normalized spacial score (nSPS) is 18.4. The molecule has 1 N–H and O–H groups in total. The quantitative estimate of drug-likeness (QED) is 0.477. The number of alkyl carbamates (subject to hydrolysis) is 1. The molecule has 2 aromatic carbocycles. The standard InChI is InChI=1S/C31H40N4O3/c1-31(2,3)38-30(36)32-17-13-22-9-11-24(12-10-22)27-21-35-20-14-23-7-5-6-8-26(23)28(29(35)33-27)37-25-15-18-34(4)19-16-25/h5-12,21,25,28H,13-20H2,1-4H3,(H,32,36). The molecule has 2 aliphatic heterocycles. The Kier molecular flexibility index (Phi) is 7.86. The number of likely N-dealkylation sites (tertiary alicyclic amines) is 1. The summed E-state index contributed by atoms with van der Waals surface area (Å²) < 4.78 is 14.4. The Hall–Kier alpha value is -3.16. The molecule has 5 rings (SSSR count). The molecule has 0 bridgehead atoms. The van der Waals surface area contributed by atoms with Crippen molar-refractivity contribution in [2.75, 3.05) is 26.7 Å². The van der Waals surface area contributed by atoms with E-state index in [0.29, 0.717) is 6.54 Å². The van der Waals surface area contributed by atoms with Crippen LogP contribution in [0.15, 0.2) is 54.7 Å². The third kappa shape index (κ3) is 6.45. The van der Waals surface area contributed by atoms with Crippen LogP contribution in [0.3, 0.4) is 0 Å². The van der Waals surface area contributed by atoms with Crippen molar-refractivity contribution in [1.82, 2.24) is 19.8 Å². The molecule has 1 unspecified atom stereocenters. The highest BCUT2D eigenvalue weighted by Gasteiger charge is 2.30. The van der Waals surface area contributed by atoms with Gasteiger partial charge in [0.25, 0.3) is 0 Å². The van der Waals surface area contributed by atoms with E-state index in [1.165, 1.54) is 11.1 Å². The number of hydrogen-bond acceptors (Lipinski definition) is 5. The average molecular weight is 517 g/mol. The Morgan fingerprint density at radius 2 is 1.79 bits per heavy atom. The number of hydrogen-bond donors (Lipinski definition) is 1. The largest absolute Gasteiger partial charge is 0.444 e. The number of amides is 1. The molecule has 2 aliphatic rings. The van der Waals surface area contributed by atoms with Crippen LogP contribution in [0.5, 0.6) is 0 Å². The van der Waals surface area contributed by atoms with Crippen LogP contribution in [0.4, 0.5) is 4.79 Å². The molecule has 202 valence electrons. The Labute approximate surface area is 226 Å². The predicted octanol–water partition coefficient (Wildman–Crippen LogP) is 5.37. The third-order valence-corrected chi connectivity index (χ3v) is 7.33. The zero-order chi connectivity index (χ0) is 26.7. The maximum Gasteiger partial charge on any atom is 0.407 e. The minimum absolute atomic E-state index is 0.158. The van der Waals surface area contributed by atoms with Crippen molar-refractivity contribution < 1.29 is 14.3 Å². The summed E-state index contributed by atoms with van der Waals surface area (Å²) >= 11 is 0. The van der Waals surface area contributed by atoms with Gasteiger partial charge in [-0.25, -0.2) is 9.78 Å². The highest BCUT2D eigenvalue weighted by Crippen LogP contribution is 2.35. The lowest BCUT2D eigenvalue weighted by atomic mass is 10.00. The number of rotatable bonds is 6. The Balaban J connectivity index is 1.31. The second kappa shape index (κ2) is 11.3. The molecule has 38 heavy (non-hydrogen) atoms. The maximum atomic E-state index is 11.9. The van der Waals surface area contributed by atoms with Crippen LogP contribution in [-0.4, -0.2) is 58.9 Å². The molecule has 3 heterocycles. The van der Waals surface area contributed by atoms with Gasteiger partial charge >= 0.3 is 6.09 Å². The van der Waals surface area contributed by atoms with E-state index in [1.807, 2.05) is 20.8 Å². The Morgan fingerprint density at radius 1 is 1.05 bits per heavy atom. The second-order valence-corrected chi connectivity index (χ2v) is 11.5. The van der Waals surface area contributed by atoms with E-state index in [0.717, 1.165) is 68.0 Å². The van der Waals surface area contributed by atoms with Crippen LogP contribution in [0, 0.1) is 0 Å². The molecule has 1 saturated heterocycles. The van der Waals surface area contributed by atoms with E-state index in [9.17, 15) is 4.79 Å². The highest BCUT2D eigenvalue weighted by molar-refractivity contribution is 5.67. The molecule has 1 fully saturated rings. The van der Waals surface area contributed by atoms with Crippen molar-refractivity contribution in [2.24, 2.45) is 0 Å². The van der Waals surface area contributed by atoms with Gasteiger partial charge in [-0.2, -0.15) is 0 Å². The number of aryl methyl sites for hydroxylation is 2. The molecule has 1 amide bonds. The Morgan fingerprint density at radius 3 is 2.53 bits per heavy atom. The van der Waals surface area contributed by atoms with Gasteiger partial charge < -0.3 is 24.3 Å². The first kappa shape index (κ1) is 26.4. The van der Waals surface area contributed by atoms with Gasteiger partial charge in [-0.15, -0.1) is 0 Å². The molecule has 1 aromatic heterocycles. The maximum absolute atomic E-state index is 11.9. The minimum atomic E-state index is -0.492. The van der Waals surface area contributed by atoms with Gasteiger partial charge in [0.15, 0.2) is 0 Å². The minimum Gasteiger partial charge on any atom is -0.444 e. The lowest BCUT2D eigenvalue weighted by Crippen LogP contribution is -2.35. The summed E-state index contributed by atoms with van der Waals surface area (Å²) in [4.78, 5) is 19.4. The van der Waals surface area contributed by atoms with Crippen LogP contribution in [0.2, 0.25) is 0 Å². The number of aromatic nitrogens is 2. The van der Waals surface area contributed by atoms with Crippen molar-refractivity contribution in [1.29, 1.82) is 0 Å². The van der Waals surface area contributed by atoms with Crippen LogP contribution in [0.1, 0.15) is 62.2 Å². The predicted molar refractivity (Wildman–Crippen MR) is 149 cm³/mol. The molecule has 0 aliphatic carbocycles. The topological polar surface area (TPSA) is 68.6 Å². The molecule has 1 atom stereocenters. The SMILES string of the molecule is CN1CCC(OC2c3ccccc3CCn3cc(-c4ccc(CCNC(=O)OC(C)(C)C)cc4)nc32)CC1. The Bertz CT molecular complexity index is 1240. The van der Waals surface area contributed by atoms with E-state index in [1.54, 1.807) is 0 Å². The molecule has 0 radical (unpaired) electrons. The summed E-state index contributed by atoms with van der Waals surface area (Å²) in [6.45, 7) is 9.15. The lowest BCUT2D eigenvalue weighted by Gasteiger charge is -2.32. The molecular formula is C31H40N4O3. The molecular weight excluding hydrogens is 476 g/mol. The molecule has 7 heteroatoms. The number of carbonyl (C=O) groups excluding carboxylic acids is 1. The zero-order valence-electron chi connectivity index (χ0n) is 23.1. The van der Waals surface area contributed by atoms with Gasteiger partial charge in [0, 0.05) is 37.9 Å². The van der Waals surface area contributed by atoms with Crippen molar-refractivity contribution in [3.8, 4) is 11.3 Å². The smallest absolute Gasteiger partial charge is 0.407 e. The van der Waals surface area contributed by atoms with Gasteiger partial charge in [0.05, 0.1) is 11.8 Å². The number of nitrogens with one attached hydrogen (secondary N) is 1. The van der Waals surface area contributed by atoms with Gasteiger partial charge in [-0.3, -0.25) is 0 Å². The number of benzene rings is 2. The number of nitrogens with zero attached hydrogens (tertiary/aromatic N) is 3. The van der Waals surface area contributed by atoms with Gasteiger partial charge in [-0.05, 0) is 70.2 Å². The summed E-state index contributed by atoms with van der Waals surface area (Å²) in [5, 5.41) is 2.83. The molecule has 3 aromatic rings. The average Bonchev–Trinajstić information content (AvgIpc) is 3.25. The number of carbonyl (C=O) groups is 1. The highest BCUT2D eigenvalue weighted by atomic mass is 16.6. The fourth-order valence-corrected chi connectivity index (χ4v) is 5.27. The van der Waals surface area contributed by atoms with Gasteiger partial charge in [0.2, 0.25) is 0 Å². The van der Waals surface area contributed by atoms with E-state index >= 15 is 0 Å². The van der Waals surface area contributed by atoms with Crippen LogP contribution < -0.4 is 5.32 Å². The third-order valence-electron chi connectivity index (χ3n) is 7.33. The van der Waals surface area contributed by atoms with Crippen molar-refractivity contribution >= 4 is 6.09 Å². The van der Waals surface area contributed by atoms with Crippen LogP contribution in [0.25, 0.3) is 11.3 Å². The number of ether oxygens (including phenoxy) is 2. The van der Waals surface area contributed by atoms with Crippen molar-refractivity contribution in [2.45, 2.75) is 70.8 Å². The number of piperidine rings is 1. The van der Waals surface area contributed by atoms with Gasteiger partial charge in [0.1, 0.15) is 17.5 Å². The first-order chi connectivity index (χ1) is 18.2. The molecule has 7 nitrogen and oxygen atoms in total. The monoisotopic (exact) mass is 516 g/mol. The second-order valence-electron chi connectivity index (χ2n) is 11.5. The molecule has 0 saturated carbocycles. The van der Waals surface area contributed by atoms with E-state index < -0.39 is 5.60 Å². The van der Waals surface area contributed by atoms with Gasteiger partial charge in [-0.1, -0.05) is 48.5 Å². The number of fused-ring (bicyclic) bond motifs is 2. The van der Waals surface area contributed by atoms with E-state index in [-0.39, 0.29) is 18.3 Å². The fourth-order valence-electron chi connectivity index (χ4n) is 5.27. The zero-order valence-corrected chi connectivity index (χ0v) is 23.1. The molecule has 0 spiro atoms. The van der Waals surface area contributed by atoms with Crippen LogP contribution >= 0.6 is 0 Å². The van der Waals surface area contributed by atoms with Crippen LogP contribution in [-0.2, 0) is 28.9 Å². The summed E-state index contributed by atoms with van der Waals surface area (Å²) in [5.74, 6) is 0.995. The lowest BCUT2D eigenvalue weighted by molar-refractivity contribution is -0.0275. The van der Waals surface area contributed by atoms with E-state index in [4.69, 9.17) is 14.5 Å². The summed E-state index contributed by atoms with van der Waals surface area (Å²) in [6, 6.07) is 17.1. The summed E-state index contributed by atoms with van der Waals surface area (Å²) in [6.07, 6.45) is 5.68.